The molecule has 2 aliphatic heterocycles. The van der Waals surface area contributed by atoms with E-state index in [-0.39, 0.29) is 47.9 Å². The summed E-state index contributed by atoms with van der Waals surface area (Å²) in [5, 5.41) is 14.2. The number of oxime groups is 1. The molecule has 266 valence electrons. The summed E-state index contributed by atoms with van der Waals surface area (Å²) in [5.74, 6) is -0.225. The molecular weight excluding hydrogens is 646 g/mol. The Morgan fingerprint density at radius 2 is 1.92 bits per heavy atom. The van der Waals surface area contributed by atoms with Crippen LogP contribution in [0.5, 0.6) is 6.01 Å². The highest BCUT2D eigenvalue weighted by molar-refractivity contribution is 7.16. The molecule has 1 amide bonds. The second kappa shape index (κ2) is 14.0. The van der Waals surface area contributed by atoms with Crippen molar-refractivity contribution in [2.75, 3.05) is 37.3 Å². The lowest BCUT2D eigenvalue weighted by Crippen LogP contribution is -2.60. The van der Waals surface area contributed by atoms with Crippen molar-refractivity contribution in [3.05, 3.63) is 27.8 Å². The van der Waals surface area contributed by atoms with E-state index in [1.165, 1.54) is 11.3 Å². The van der Waals surface area contributed by atoms with Crippen LogP contribution in [0.25, 0.3) is 0 Å². The lowest BCUT2D eigenvalue weighted by molar-refractivity contribution is -0.150. The van der Waals surface area contributed by atoms with Crippen molar-refractivity contribution in [1.82, 2.24) is 19.8 Å². The average Bonchev–Trinajstić information content (AvgIpc) is 3.62. The Morgan fingerprint density at radius 1 is 1.18 bits per heavy atom. The summed E-state index contributed by atoms with van der Waals surface area (Å²) < 4.78 is 12.0. The zero-order chi connectivity index (χ0) is 35.8. The average molecular weight is 696 g/mol. The van der Waals surface area contributed by atoms with Crippen LogP contribution in [0.2, 0.25) is 0 Å². The van der Waals surface area contributed by atoms with Gasteiger partial charge in [-0.15, -0.1) is 11.3 Å². The number of rotatable bonds is 7. The van der Waals surface area contributed by atoms with E-state index in [4.69, 9.17) is 30.8 Å². The Balaban J connectivity index is 1.43. The number of carbonyl (C=O) groups is 2. The van der Waals surface area contributed by atoms with E-state index in [0.717, 1.165) is 37.1 Å². The Labute approximate surface area is 292 Å². The number of ether oxygens (including phenoxy) is 2. The molecule has 5 rings (SSSR count). The van der Waals surface area contributed by atoms with Gasteiger partial charge in [-0.25, -0.2) is 9.59 Å². The molecule has 0 saturated carbocycles. The lowest BCUT2D eigenvalue weighted by atomic mass is 9.72. The number of anilines is 2. The number of hydrogen-bond acceptors (Lipinski definition) is 13. The Kier molecular flexibility index (Phi) is 10.3. The molecule has 0 spiro atoms. The normalized spacial score (nSPS) is 25.4. The molecule has 4 heterocycles. The van der Waals surface area contributed by atoms with E-state index in [9.17, 15) is 14.9 Å². The number of nitrogens with two attached hydrogens (primary N) is 2. The molecule has 49 heavy (non-hydrogen) atoms. The van der Waals surface area contributed by atoms with E-state index < -0.39 is 17.0 Å². The van der Waals surface area contributed by atoms with Crippen LogP contribution in [0.4, 0.5) is 15.6 Å². The molecule has 2 fully saturated rings. The fourth-order valence-corrected chi connectivity index (χ4v) is 8.29. The summed E-state index contributed by atoms with van der Waals surface area (Å²) in [6.07, 6.45) is 3.47. The van der Waals surface area contributed by atoms with Crippen molar-refractivity contribution >= 4 is 40.1 Å². The van der Waals surface area contributed by atoms with Crippen LogP contribution < -0.4 is 21.1 Å². The fourth-order valence-electron chi connectivity index (χ4n) is 7.10. The number of amides is 1. The number of amidine groups is 1. The smallest absolute Gasteiger partial charge is 0.410 e. The number of nitriles is 1. The third-order valence-electron chi connectivity index (χ3n) is 9.98. The van der Waals surface area contributed by atoms with Gasteiger partial charge in [0.15, 0.2) is 5.84 Å². The number of fused-ring (bicyclic) bond motifs is 1. The number of nitrogen functional groups attached to an aromatic ring is 1. The molecular formula is C34H49N9O5S. The van der Waals surface area contributed by atoms with Gasteiger partial charge >= 0.3 is 18.1 Å². The first-order valence-electron chi connectivity index (χ1n) is 16.9. The molecule has 2 unspecified atom stereocenters. The summed E-state index contributed by atoms with van der Waals surface area (Å²) in [5.41, 5.74) is 12.0. The third-order valence-corrected chi connectivity index (χ3v) is 11.1. The van der Waals surface area contributed by atoms with E-state index in [1.807, 2.05) is 41.5 Å². The van der Waals surface area contributed by atoms with E-state index in [1.54, 1.807) is 17.9 Å². The van der Waals surface area contributed by atoms with Crippen LogP contribution >= 0.6 is 11.3 Å². The second-order valence-electron chi connectivity index (χ2n) is 14.5. The third kappa shape index (κ3) is 7.40. The van der Waals surface area contributed by atoms with Gasteiger partial charge in [0.2, 0.25) is 0 Å². The topological polar surface area (TPSA) is 186 Å². The predicted octanol–water partition coefficient (Wildman–Crippen LogP) is 4.15. The maximum atomic E-state index is 13.6. The van der Waals surface area contributed by atoms with Gasteiger partial charge in [-0.2, -0.15) is 15.2 Å². The van der Waals surface area contributed by atoms with Crippen molar-refractivity contribution in [2.45, 2.75) is 116 Å². The van der Waals surface area contributed by atoms with Gasteiger partial charge in [-0.3, -0.25) is 4.90 Å². The standard InChI is InChI=1S/C34H49N9O5S/c1-19-20(2)43(32(45)47-33(4,5)6)16-15-42(19)26-17-23(38-31(39-26)46-21(3)24-11-10-14-41(24)8)28(36)40-48-30(44)34(7)13-9-12-25-27(34)22(18-35)29(37)49-25/h17,19-21,24H,9-16,37H2,1-8H3,(H2,36,40)/t19?,20?,21-,24-,34-/m0/s1. The van der Waals surface area contributed by atoms with Crippen molar-refractivity contribution in [3.63, 3.8) is 0 Å². The summed E-state index contributed by atoms with van der Waals surface area (Å²) in [6.45, 7) is 15.2. The number of likely N-dealkylation sites (N-methyl/N-ethyl adjacent to an activating group) is 1. The lowest BCUT2D eigenvalue weighted by Gasteiger charge is -2.45. The van der Waals surface area contributed by atoms with Crippen molar-refractivity contribution < 1.29 is 23.9 Å². The first-order valence-corrected chi connectivity index (χ1v) is 17.7. The quantitative estimate of drug-likeness (QED) is 0.183. The molecule has 0 radical (unpaired) electrons. The van der Waals surface area contributed by atoms with E-state index >= 15 is 0 Å². The molecule has 14 nitrogen and oxygen atoms in total. The number of likely N-dealkylation sites (tertiary alicyclic amines) is 1. The molecule has 2 saturated heterocycles. The molecule has 1 aliphatic carbocycles. The highest BCUT2D eigenvalue weighted by Crippen LogP contribution is 2.46. The van der Waals surface area contributed by atoms with E-state index in [2.05, 4.69) is 33.1 Å². The predicted molar refractivity (Wildman–Crippen MR) is 188 cm³/mol. The monoisotopic (exact) mass is 695 g/mol. The zero-order valence-electron chi connectivity index (χ0n) is 29.8. The van der Waals surface area contributed by atoms with Crippen LogP contribution in [0, 0.1) is 11.3 Å². The first kappa shape index (κ1) is 36.1. The van der Waals surface area contributed by atoms with Crippen molar-refractivity contribution in [2.24, 2.45) is 10.9 Å². The molecule has 15 heteroatoms. The van der Waals surface area contributed by atoms with Crippen LogP contribution in [-0.2, 0) is 26.2 Å². The van der Waals surface area contributed by atoms with Gasteiger partial charge in [0.05, 0.1) is 17.0 Å². The maximum absolute atomic E-state index is 13.6. The van der Waals surface area contributed by atoms with Crippen molar-refractivity contribution in [3.8, 4) is 12.1 Å². The number of piperazine rings is 1. The number of thiophene rings is 1. The molecule has 2 aromatic heterocycles. The second-order valence-corrected chi connectivity index (χ2v) is 15.7. The van der Waals surface area contributed by atoms with Crippen LogP contribution in [0.1, 0.15) is 95.8 Å². The van der Waals surface area contributed by atoms with Gasteiger partial charge in [0.25, 0.3) is 0 Å². The molecule has 3 aliphatic rings. The van der Waals surface area contributed by atoms with Gasteiger partial charge in [-0.1, -0.05) is 5.16 Å². The number of aromatic nitrogens is 2. The number of hydrogen-bond donors (Lipinski definition) is 2. The SMILES string of the molecule is CC1C(C)N(c2cc(/C(N)=N/OC(=O)[C@@]3(C)CCCc4sc(N)c(C#N)c43)nc(O[C@@H](C)[C@@H]3CCCN3C)n2)CCN1C(=O)OC(C)(C)C. The van der Waals surface area contributed by atoms with Crippen LogP contribution in [-0.4, -0.2) is 94.2 Å². The Bertz CT molecular complexity index is 1650. The molecule has 5 atom stereocenters. The maximum Gasteiger partial charge on any atom is 0.410 e. The minimum absolute atomic E-state index is 0.121. The highest BCUT2D eigenvalue weighted by Gasteiger charge is 2.45. The molecule has 2 aromatic rings. The largest absolute Gasteiger partial charge is 0.459 e. The number of aryl methyl sites for hydroxylation is 1. The summed E-state index contributed by atoms with van der Waals surface area (Å²) in [4.78, 5) is 48.5. The molecule has 0 bridgehead atoms. The van der Waals surface area contributed by atoms with E-state index in [0.29, 0.717) is 41.5 Å². The summed E-state index contributed by atoms with van der Waals surface area (Å²) in [6, 6.07) is 3.81. The van der Waals surface area contributed by atoms with Gasteiger partial charge in [0, 0.05) is 41.7 Å². The van der Waals surface area contributed by atoms with Gasteiger partial charge < -0.3 is 35.6 Å². The van der Waals surface area contributed by atoms with Crippen LogP contribution in [0.15, 0.2) is 11.2 Å². The first-order chi connectivity index (χ1) is 23.0. The number of carbonyl (C=O) groups excluding carboxylic acids is 2. The van der Waals surface area contributed by atoms with Crippen LogP contribution in [0.3, 0.4) is 0 Å². The number of nitrogens with zero attached hydrogens (tertiary/aromatic N) is 7. The molecule has 4 N–H and O–H groups in total. The Hall–Kier alpha value is -4.16. The minimum Gasteiger partial charge on any atom is -0.459 e. The fraction of sp³-hybridized carbons (Fsp3) is 0.647. The van der Waals surface area contributed by atoms with Gasteiger partial charge in [-0.05, 0) is 94.2 Å². The minimum atomic E-state index is -1.11. The highest BCUT2D eigenvalue weighted by atomic mass is 32.1. The summed E-state index contributed by atoms with van der Waals surface area (Å²) >= 11 is 1.34. The Morgan fingerprint density at radius 3 is 2.57 bits per heavy atom. The van der Waals surface area contributed by atoms with Gasteiger partial charge in [0.1, 0.15) is 34.3 Å². The summed E-state index contributed by atoms with van der Waals surface area (Å²) in [7, 11) is 2.08. The van der Waals surface area contributed by atoms with Crippen molar-refractivity contribution in [1.29, 1.82) is 5.26 Å². The zero-order valence-corrected chi connectivity index (χ0v) is 30.6. The molecule has 0 aromatic carbocycles.